The first-order chi connectivity index (χ1) is 5.27. The molecule has 1 aromatic carbocycles. The first-order valence-electron chi connectivity index (χ1n) is 3.49. The van der Waals surface area contributed by atoms with Gasteiger partial charge in [0.2, 0.25) is 0 Å². The lowest BCUT2D eigenvalue weighted by Gasteiger charge is -2.02. The molecule has 0 spiro atoms. The summed E-state index contributed by atoms with van der Waals surface area (Å²) in [5.74, 6) is 0. The van der Waals surface area contributed by atoms with Crippen molar-refractivity contribution in [3.63, 3.8) is 0 Å². The van der Waals surface area contributed by atoms with Gasteiger partial charge in [-0.3, -0.25) is 0 Å². The number of halogens is 2. The van der Waals surface area contributed by atoms with Gasteiger partial charge in [-0.1, -0.05) is 23.2 Å². The number of hydrogen-bond donors (Lipinski definition) is 1. The Kier molecular flexibility index (Phi) is 1.70. The van der Waals surface area contributed by atoms with E-state index in [1.54, 1.807) is 6.07 Å². The Morgan fingerprint density at radius 1 is 1.27 bits per heavy atom. The molecule has 2 rings (SSSR count). The topological polar surface area (TPSA) is 12.0 Å². The first-order valence-corrected chi connectivity index (χ1v) is 4.25. The van der Waals surface area contributed by atoms with E-state index in [4.69, 9.17) is 23.2 Å². The summed E-state index contributed by atoms with van der Waals surface area (Å²) in [5.41, 5.74) is 2.28. The Bertz CT molecular complexity index is 296. The molecule has 58 valence electrons. The van der Waals surface area contributed by atoms with E-state index in [1.807, 2.05) is 6.07 Å². The summed E-state index contributed by atoms with van der Waals surface area (Å²) in [6.45, 7) is 0.968. The van der Waals surface area contributed by atoms with Crippen LogP contribution in [-0.2, 0) is 6.42 Å². The lowest BCUT2D eigenvalue weighted by Crippen LogP contribution is -1.91. The van der Waals surface area contributed by atoms with Crippen molar-refractivity contribution in [3.8, 4) is 0 Å². The summed E-state index contributed by atoms with van der Waals surface area (Å²) in [4.78, 5) is 0. The predicted molar refractivity (Wildman–Crippen MR) is 48.7 cm³/mol. The highest BCUT2D eigenvalue weighted by molar-refractivity contribution is 6.36. The number of fused-ring (bicyclic) bond motifs is 1. The van der Waals surface area contributed by atoms with Crippen LogP contribution in [0.2, 0.25) is 10.0 Å². The Balaban J connectivity index is 2.60. The highest BCUT2D eigenvalue weighted by Gasteiger charge is 2.13. The van der Waals surface area contributed by atoms with Crippen LogP contribution in [0.5, 0.6) is 0 Å². The Hall–Kier alpha value is -0.400. The number of hydrogen-bond acceptors (Lipinski definition) is 1. The molecule has 0 bridgehead atoms. The van der Waals surface area contributed by atoms with Gasteiger partial charge < -0.3 is 5.32 Å². The molecule has 0 atom stereocenters. The molecule has 0 unspecified atom stereocenters. The van der Waals surface area contributed by atoms with Crippen molar-refractivity contribution in [2.45, 2.75) is 6.42 Å². The van der Waals surface area contributed by atoms with Crippen LogP contribution >= 0.6 is 23.2 Å². The molecule has 1 heterocycles. The number of nitrogens with one attached hydrogen (secondary N) is 1. The highest BCUT2D eigenvalue weighted by Crippen LogP contribution is 2.33. The average Bonchev–Trinajstić information content (AvgIpc) is 2.34. The SMILES string of the molecule is Clc1cc(Cl)c2c(c1)CCN2. The van der Waals surface area contributed by atoms with Crippen molar-refractivity contribution in [1.82, 2.24) is 0 Å². The summed E-state index contributed by atoms with van der Waals surface area (Å²) in [7, 11) is 0. The van der Waals surface area contributed by atoms with Crippen molar-refractivity contribution in [3.05, 3.63) is 27.7 Å². The van der Waals surface area contributed by atoms with Crippen LogP contribution in [0.25, 0.3) is 0 Å². The summed E-state index contributed by atoms with van der Waals surface area (Å²) < 4.78 is 0. The van der Waals surface area contributed by atoms with E-state index in [1.165, 1.54) is 5.56 Å². The Morgan fingerprint density at radius 3 is 2.91 bits per heavy atom. The lowest BCUT2D eigenvalue weighted by atomic mass is 10.2. The maximum absolute atomic E-state index is 5.93. The normalized spacial score (nSPS) is 14.4. The van der Waals surface area contributed by atoms with E-state index in [-0.39, 0.29) is 0 Å². The zero-order chi connectivity index (χ0) is 7.84. The predicted octanol–water partition coefficient (Wildman–Crippen LogP) is 2.96. The van der Waals surface area contributed by atoms with E-state index < -0.39 is 0 Å². The smallest absolute Gasteiger partial charge is 0.0655 e. The molecule has 0 radical (unpaired) electrons. The molecule has 1 aromatic rings. The van der Waals surface area contributed by atoms with Gasteiger partial charge in [0.15, 0.2) is 0 Å². The molecule has 1 aliphatic rings. The minimum atomic E-state index is 0.720. The Morgan fingerprint density at radius 2 is 2.09 bits per heavy atom. The summed E-state index contributed by atoms with van der Waals surface area (Å²) in [6, 6.07) is 3.73. The minimum absolute atomic E-state index is 0.720. The van der Waals surface area contributed by atoms with Gasteiger partial charge in [0.05, 0.1) is 10.7 Å². The maximum Gasteiger partial charge on any atom is 0.0655 e. The van der Waals surface area contributed by atoms with Crippen molar-refractivity contribution in [2.75, 3.05) is 11.9 Å². The monoisotopic (exact) mass is 187 g/mol. The summed E-state index contributed by atoms with van der Waals surface area (Å²) in [5, 5.41) is 4.65. The fourth-order valence-corrected chi connectivity index (χ4v) is 1.95. The molecule has 0 aromatic heterocycles. The minimum Gasteiger partial charge on any atom is -0.383 e. The van der Waals surface area contributed by atoms with Crippen molar-refractivity contribution in [2.24, 2.45) is 0 Å². The second kappa shape index (κ2) is 2.58. The first kappa shape index (κ1) is 7.26. The van der Waals surface area contributed by atoms with E-state index in [0.29, 0.717) is 0 Å². The summed E-state index contributed by atoms with van der Waals surface area (Å²) in [6.07, 6.45) is 1.02. The Labute approximate surface area is 75.3 Å². The molecule has 11 heavy (non-hydrogen) atoms. The summed E-state index contributed by atoms with van der Waals surface area (Å²) >= 11 is 11.7. The van der Waals surface area contributed by atoms with Gasteiger partial charge in [-0.15, -0.1) is 0 Å². The average molecular weight is 188 g/mol. The fourth-order valence-electron chi connectivity index (χ4n) is 1.34. The van der Waals surface area contributed by atoms with Crippen LogP contribution in [0.1, 0.15) is 5.56 Å². The van der Waals surface area contributed by atoms with Gasteiger partial charge in [-0.2, -0.15) is 0 Å². The van der Waals surface area contributed by atoms with Crippen LogP contribution < -0.4 is 5.32 Å². The van der Waals surface area contributed by atoms with Crippen molar-refractivity contribution in [1.29, 1.82) is 0 Å². The molecule has 0 aliphatic carbocycles. The second-order valence-corrected chi connectivity index (χ2v) is 3.44. The van der Waals surface area contributed by atoms with E-state index in [9.17, 15) is 0 Å². The third-order valence-corrected chi connectivity index (χ3v) is 2.35. The molecule has 0 saturated heterocycles. The molecule has 1 N–H and O–H groups in total. The molecular weight excluding hydrogens is 181 g/mol. The van der Waals surface area contributed by atoms with Crippen LogP contribution in [0.15, 0.2) is 12.1 Å². The molecule has 1 nitrogen and oxygen atoms in total. The molecule has 3 heteroatoms. The molecule has 0 fully saturated rings. The van der Waals surface area contributed by atoms with Crippen molar-refractivity contribution >= 4 is 28.9 Å². The fraction of sp³-hybridized carbons (Fsp3) is 0.250. The van der Waals surface area contributed by atoms with Gasteiger partial charge in [-0.05, 0) is 24.1 Å². The van der Waals surface area contributed by atoms with Gasteiger partial charge in [0.1, 0.15) is 0 Å². The third-order valence-electron chi connectivity index (χ3n) is 1.83. The second-order valence-electron chi connectivity index (χ2n) is 2.60. The number of anilines is 1. The maximum atomic E-state index is 5.93. The van der Waals surface area contributed by atoms with Crippen LogP contribution in [0.4, 0.5) is 5.69 Å². The highest BCUT2D eigenvalue weighted by atomic mass is 35.5. The van der Waals surface area contributed by atoms with E-state index in [0.717, 1.165) is 28.7 Å². The van der Waals surface area contributed by atoms with Gasteiger partial charge in [0.25, 0.3) is 0 Å². The van der Waals surface area contributed by atoms with Crippen molar-refractivity contribution < 1.29 is 0 Å². The number of benzene rings is 1. The quantitative estimate of drug-likeness (QED) is 0.659. The zero-order valence-corrected chi connectivity index (χ0v) is 7.34. The number of rotatable bonds is 0. The van der Waals surface area contributed by atoms with E-state index in [2.05, 4.69) is 5.32 Å². The van der Waals surface area contributed by atoms with Crippen LogP contribution in [0.3, 0.4) is 0 Å². The van der Waals surface area contributed by atoms with Crippen LogP contribution in [-0.4, -0.2) is 6.54 Å². The van der Waals surface area contributed by atoms with Gasteiger partial charge in [0, 0.05) is 11.6 Å². The molecular formula is C8H7Cl2N. The zero-order valence-electron chi connectivity index (χ0n) is 5.82. The van der Waals surface area contributed by atoms with Gasteiger partial charge in [-0.25, -0.2) is 0 Å². The largest absolute Gasteiger partial charge is 0.383 e. The molecule has 1 aliphatic heterocycles. The third kappa shape index (κ3) is 1.19. The van der Waals surface area contributed by atoms with Gasteiger partial charge >= 0.3 is 0 Å². The van der Waals surface area contributed by atoms with Crippen LogP contribution in [0, 0.1) is 0 Å². The molecule has 0 saturated carbocycles. The van der Waals surface area contributed by atoms with E-state index >= 15 is 0 Å². The lowest BCUT2D eigenvalue weighted by molar-refractivity contribution is 1.11. The standard InChI is InChI=1S/C8H7Cl2N/c9-6-3-5-1-2-11-8(5)7(10)4-6/h3-4,11H,1-2H2. The molecule has 0 amide bonds.